The zero-order valence-corrected chi connectivity index (χ0v) is 15.3. The maximum absolute atomic E-state index is 13.0. The molecule has 1 unspecified atom stereocenters. The quantitative estimate of drug-likeness (QED) is 0.653. The van der Waals surface area contributed by atoms with Crippen LogP contribution < -0.4 is 10.0 Å². The van der Waals surface area contributed by atoms with Crippen molar-refractivity contribution in [1.82, 2.24) is 5.32 Å². The predicted molar refractivity (Wildman–Crippen MR) is 98.5 cm³/mol. The van der Waals surface area contributed by atoms with Crippen LogP contribution in [0.5, 0.6) is 0 Å². The van der Waals surface area contributed by atoms with Crippen LogP contribution in [0.1, 0.15) is 24.3 Å². The molecule has 0 radical (unpaired) electrons. The van der Waals surface area contributed by atoms with Crippen LogP contribution in [-0.2, 0) is 19.6 Å². The Kier molecular flexibility index (Phi) is 4.38. The highest BCUT2D eigenvalue weighted by Crippen LogP contribution is 2.34. The molecule has 28 heavy (non-hydrogen) atoms. The molecule has 3 aromatic rings. The Morgan fingerprint density at radius 2 is 1.86 bits per heavy atom. The first-order valence-corrected chi connectivity index (χ1v) is 9.95. The fourth-order valence-electron chi connectivity index (χ4n) is 3.19. The Labute approximate surface area is 159 Å². The third-order valence-electron chi connectivity index (χ3n) is 4.60. The van der Waals surface area contributed by atoms with Gasteiger partial charge in [0.05, 0.1) is 17.1 Å². The molecule has 1 aliphatic rings. The van der Waals surface area contributed by atoms with E-state index in [1.54, 1.807) is 0 Å². The third kappa shape index (κ3) is 3.36. The number of furan rings is 1. The fraction of sp³-hybridized carbons (Fsp3) is 0.158. The molecule has 2 heterocycles. The monoisotopic (exact) mass is 402 g/mol. The Hall–Kier alpha value is -3.20. The lowest BCUT2D eigenvalue weighted by atomic mass is 9.90. The van der Waals surface area contributed by atoms with Crippen molar-refractivity contribution in [2.45, 2.75) is 23.7 Å². The topological polar surface area (TPSA) is 105 Å². The summed E-state index contributed by atoms with van der Waals surface area (Å²) in [6, 6.07) is 9.24. The number of amides is 2. The van der Waals surface area contributed by atoms with Gasteiger partial charge in [0.2, 0.25) is 11.8 Å². The number of nitrogens with one attached hydrogen (secondary N) is 2. The average Bonchev–Trinajstić information content (AvgIpc) is 3.06. The normalized spacial score (nSPS) is 17.5. The van der Waals surface area contributed by atoms with Gasteiger partial charge in [-0.3, -0.25) is 19.6 Å². The molecular formula is C19H15FN2O5S. The fourth-order valence-corrected chi connectivity index (χ4v) is 4.27. The number of carbonyl (C=O) groups excluding carboxylic acids is 2. The number of piperidine rings is 1. The molecule has 1 atom stereocenters. The van der Waals surface area contributed by atoms with Gasteiger partial charge in [0.25, 0.3) is 10.0 Å². The zero-order chi connectivity index (χ0) is 19.9. The molecule has 0 saturated carbocycles. The van der Waals surface area contributed by atoms with E-state index in [2.05, 4.69) is 10.0 Å². The number of fused-ring (bicyclic) bond motifs is 1. The summed E-state index contributed by atoms with van der Waals surface area (Å²) in [7, 11) is -3.93. The number of sulfonamides is 1. The lowest BCUT2D eigenvalue weighted by molar-refractivity contribution is -0.134. The van der Waals surface area contributed by atoms with Crippen molar-refractivity contribution in [3.8, 4) is 0 Å². The van der Waals surface area contributed by atoms with Gasteiger partial charge >= 0.3 is 0 Å². The van der Waals surface area contributed by atoms with E-state index < -0.39 is 27.7 Å². The summed E-state index contributed by atoms with van der Waals surface area (Å²) < 4.78 is 46.2. The van der Waals surface area contributed by atoms with Crippen molar-refractivity contribution in [1.29, 1.82) is 0 Å². The molecule has 2 aromatic carbocycles. The van der Waals surface area contributed by atoms with Crippen LogP contribution >= 0.6 is 0 Å². The number of halogens is 1. The van der Waals surface area contributed by atoms with Crippen molar-refractivity contribution in [2.24, 2.45) is 0 Å². The number of hydrogen-bond acceptors (Lipinski definition) is 5. The molecule has 1 saturated heterocycles. The maximum Gasteiger partial charge on any atom is 0.261 e. The molecule has 2 N–H and O–H groups in total. The highest BCUT2D eigenvalue weighted by molar-refractivity contribution is 7.92. The van der Waals surface area contributed by atoms with E-state index in [0.29, 0.717) is 23.0 Å². The van der Waals surface area contributed by atoms with E-state index in [1.165, 1.54) is 36.6 Å². The molecule has 0 aliphatic carbocycles. The molecule has 1 aromatic heterocycles. The molecule has 2 amide bonds. The number of rotatable bonds is 4. The molecule has 0 spiro atoms. The summed E-state index contributed by atoms with van der Waals surface area (Å²) in [5.41, 5.74) is 1.18. The summed E-state index contributed by atoms with van der Waals surface area (Å²) in [5, 5.41) is 2.77. The van der Waals surface area contributed by atoms with Crippen molar-refractivity contribution in [2.75, 3.05) is 4.72 Å². The minimum Gasteiger partial charge on any atom is -0.464 e. The Morgan fingerprint density at radius 3 is 2.57 bits per heavy atom. The van der Waals surface area contributed by atoms with Gasteiger partial charge in [-0.15, -0.1) is 0 Å². The molecule has 4 rings (SSSR count). The van der Waals surface area contributed by atoms with Gasteiger partial charge < -0.3 is 4.42 Å². The van der Waals surface area contributed by atoms with Crippen molar-refractivity contribution in [3.63, 3.8) is 0 Å². The molecule has 9 heteroatoms. The molecular weight excluding hydrogens is 387 g/mol. The van der Waals surface area contributed by atoms with Crippen LogP contribution in [0.25, 0.3) is 11.0 Å². The maximum atomic E-state index is 13.0. The molecule has 144 valence electrons. The van der Waals surface area contributed by atoms with Crippen LogP contribution in [0.3, 0.4) is 0 Å². The first kappa shape index (κ1) is 18.2. The van der Waals surface area contributed by atoms with E-state index >= 15 is 0 Å². The Balaban J connectivity index is 1.70. The van der Waals surface area contributed by atoms with Gasteiger partial charge in [0.15, 0.2) is 0 Å². The zero-order valence-electron chi connectivity index (χ0n) is 14.4. The molecule has 1 fully saturated rings. The minimum atomic E-state index is -3.93. The van der Waals surface area contributed by atoms with Crippen LogP contribution in [0.2, 0.25) is 0 Å². The summed E-state index contributed by atoms with van der Waals surface area (Å²) in [4.78, 5) is 23.5. The molecule has 1 aliphatic heterocycles. The first-order chi connectivity index (χ1) is 13.3. The summed E-state index contributed by atoms with van der Waals surface area (Å²) >= 11 is 0. The number of carbonyl (C=O) groups is 2. The van der Waals surface area contributed by atoms with E-state index in [-0.39, 0.29) is 22.9 Å². The van der Waals surface area contributed by atoms with Crippen LogP contribution in [0, 0.1) is 5.82 Å². The van der Waals surface area contributed by atoms with E-state index in [4.69, 9.17) is 4.42 Å². The van der Waals surface area contributed by atoms with Gasteiger partial charge in [0, 0.05) is 23.1 Å². The van der Waals surface area contributed by atoms with Crippen LogP contribution in [0.15, 0.2) is 58.0 Å². The average molecular weight is 402 g/mol. The van der Waals surface area contributed by atoms with Gasteiger partial charge in [-0.25, -0.2) is 12.8 Å². The lowest BCUT2D eigenvalue weighted by Crippen LogP contribution is -2.39. The second-order valence-electron chi connectivity index (χ2n) is 6.47. The third-order valence-corrected chi connectivity index (χ3v) is 5.98. The second kappa shape index (κ2) is 6.75. The van der Waals surface area contributed by atoms with Crippen LogP contribution in [-0.4, -0.2) is 20.2 Å². The van der Waals surface area contributed by atoms with E-state index in [9.17, 15) is 22.4 Å². The molecule has 0 bridgehead atoms. The van der Waals surface area contributed by atoms with E-state index in [1.807, 2.05) is 0 Å². The smallest absolute Gasteiger partial charge is 0.261 e. The van der Waals surface area contributed by atoms with Gasteiger partial charge in [-0.1, -0.05) is 0 Å². The highest BCUT2D eigenvalue weighted by atomic mass is 32.2. The summed E-state index contributed by atoms with van der Waals surface area (Å²) in [6.45, 7) is 0. The van der Waals surface area contributed by atoms with Crippen molar-refractivity contribution < 1.29 is 26.8 Å². The SMILES string of the molecule is O=C1CCC(c2coc3ccc(S(=O)(=O)Nc4ccc(F)cc4)cc23)C(=O)N1. The van der Waals surface area contributed by atoms with Gasteiger partial charge in [-0.05, 0) is 48.9 Å². The largest absolute Gasteiger partial charge is 0.464 e. The molecule has 7 nitrogen and oxygen atoms in total. The first-order valence-electron chi connectivity index (χ1n) is 8.47. The Morgan fingerprint density at radius 1 is 1.11 bits per heavy atom. The predicted octanol–water partition coefficient (Wildman–Crippen LogP) is 2.89. The van der Waals surface area contributed by atoms with Crippen LogP contribution in [0.4, 0.5) is 10.1 Å². The summed E-state index contributed by atoms with van der Waals surface area (Å²) in [5.74, 6) is -1.84. The van der Waals surface area contributed by atoms with Crippen molar-refractivity contribution >= 4 is 38.5 Å². The minimum absolute atomic E-state index is 0.0285. The summed E-state index contributed by atoms with van der Waals surface area (Å²) in [6.07, 6.45) is 1.94. The van der Waals surface area contributed by atoms with E-state index in [0.717, 1.165) is 12.1 Å². The second-order valence-corrected chi connectivity index (χ2v) is 8.15. The lowest BCUT2D eigenvalue weighted by Gasteiger charge is -2.19. The number of imide groups is 1. The standard InChI is InChI=1S/C19H15FN2O5S/c20-11-1-3-12(4-2-11)22-28(25,26)13-5-7-17-15(9-13)16(10-27-17)14-6-8-18(23)21-19(14)24/h1-5,7,9-10,14,22H,6,8H2,(H,21,23,24). The van der Waals surface area contributed by atoms with Gasteiger partial charge in [-0.2, -0.15) is 0 Å². The number of benzene rings is 2. The number of anilines is 1. The Bertz CT molecular complexity index is 1180. The van der Waals surface area contributed by atoms with Crippen molar-refractivity contribution in [3.05, 3.63) is 60.1 Å². The van der Waals surface area contributed by atoms with Gasteiger partial charge in [0.1, 0.15) is 11.4 Å². The number of hydrogen-bond donors (Lipinski definition) is 2. The highest BCUT2D eigenvalue weighted by Gasteiger charge is 2.31.